The molecule has 1 amide bonds. The lowest BCUT2D eigenvalue weighted by Gasteiger charge is -2.16. The van der Waals surface area contributed by atoms with Gasteiger partial charge in [-0.15, -0.1) is 0 Å². The van der Waals surface area contributed by atoms with Gasteiger partial charge < -0.3 is 14.7 Å². The van der Waals surface area contributed by atoms with Crippen molar-refractivity contribution in [3.05, 3.63) is 63.7 Å². The first kappa shape index (κ1) is 17.9. The molecule has 8 nitrogen and oxygen atoms in total. The molecule has 0 heterocycles. The Bertz CT molecular complexity index is 844. The lowest BCUT2D eigenvalue weighted by molar-refractivity contribution is -0.385. The second-order valence-electron chi connectivity index (χ2n) is 5.13. The fourth-order valence-electron chi connectivity index (χ4n) is 2.11. The Morgan fingerprint density at radius 1 is 1.36 bits per heavy atom. The molecular weight excluding hydrogens is 326 g/mol. The second-order valence-corrected chi connectivity index (χ2v) is 5.13. The predicted octanol–water partition coefficient (Wildman–Crippen LogP) is 2.32. The van der Waals surface area contributed by atoms with E-state index in [1.165, 1.54) is 23.1 Å². The first-order chi connectivity index (χ1) is 12.0. The van der Waals surface area contributed by atoms with E-state index < -0.39 is 4.92 Å². The predicted molar refractivity (Wildman–Crippen MR) is 88.4 cm³/mol. The van der Waals surface area contributed by atoms with Crippen LogP contribution in [-0.4, -0.2) is 41.0 Å². The molecule has 0 saturated carbocycles. The molecule has 8 heteroatoms. The van der Waals surface area contributed by atoms with Gasteiger partial charge in [0.2, 0.25) is 5.75 Å². The largest absolute Gasteiger partial charge is 0.450 e. The number of carbonyl (C=O) groups is 1. The number of nitro groups is 1. The van der Waals surface area contributed by atoms with Crippen LogP contribution in [0.4, 0.5) is 5.69 Å². The maximum Gasteiger partial charge on any atom is 0.312 e. The van der Waals surface area contributed by atoms with E-state index in [4.69, 9.17) is 15.1 Å². The Balaban J connectivity index is 2.30. The molecule has 0 aliphatic rings. The average Bonchev–Trinajstić information content (AvgIpc) is 2.61. The minimum Gasteiger partial charge on any atom is -0.450 e. The maximum atomic E-state index is 12.2. The highest BCUT2D eigenvalue weighted by Crippen LogP contribution is 2.32. The summed E-state index contributed by atoms with van der Waals surface area (Å²) in [6, 6.07) is 11.9. The maximum absolute atomic E-state index is 12.2. The summed E-state index contributed by atoms with van der Waals surface area (Å²) in [5.41, 5.74) is 0.131. The van der Waals surface area contributed by atoms with Gasteiger partial charge in [-0.25, -0.2) is 0 Å². The van der Waals surface area contributed by atoms with Crippen molar-refractivity contribution in [3.63, 3.8) is 0 Å². The molecule has 25 heavy (non-hydrogen) atoms. The van der Waals surface area contributed by atoms with Crippen molar-refractivity contribution in [3.8, 4) is 17.6 Å². The number of aliphatic hydroxyl groups excluding tert-OH is 1. The van der Waals surface area contributed by atoms with Crippen molar-refractivity contribution in [1.82, 2.24) is 4.90 Å². The van der Waals surface area contributed by atoms with E-state index in [9.17, 15) is 14.9 Å². The highest BCUT2D eigenvalue weighted by Gasteiger charge is 2.18. The molecule has 0 spiro atoms. The van der Waals surface area contributed by atoms with E-state index in [2.05, 4.69) is 0 Å². The van der Waals surface area contributed by atoms with Crippen molar-refractivity contribution in [2.45, 2.75) is 0 Å². The van der Waals surface area contributed by atoms with E-state index in [0.29, 0.717) is 5.56 Å². The van der Waals surface area contributed by atoms with Crippen LogP contribution in [0.2, 0.25) is 0 Å². The van der Waals surface area contributed by atoms with Crippen molar-refractivity contribution < 1.29 is 19.6 Å². The number of nitrogens with zero attached hydrogens (tertiary/aromatic N) is 3. The van der Waals surface area contributed by atoms with E-state index in [1.807, 2.05) is 6.07 Å². The molecule has 2 rings (SSSR count). The molecule has 0 fully saturated rings. The van der Waals surface area contributed by atoms with Crippen LogP contribution < -0.4 is 4.74 Å². The Morgan fingerprint density at radius 3 is 2.76 bits per heavy atom. The van der Waals surface area contributed by atoms with E-state index >= 15 is 0 Å². The van der Waals surface area contributed by atoms with Gasteiger partial charge in [0, 0.05) is 25.2 Å². The average molecular weight is 341 g/mol. The van der Waals surface area contributed by atoms with Crippen LogP contribution in [0.1, 0.15) is 15.9 Å². The van der Waals surface area contributed by atoms with E-state index in [-0.39, 0.29) is 41.8 Å². The molecule has 0 radical (unpaired) electrons. The summed E-state index contributed by atoms with van der Waals surface area (Å²) in [7, 11) is 1.55. The Labute approximate surface area is 143 Å². The second kappa shape index (κ2) is 7.90. The van der Waals surface area contributed by atoms with Gasteiger partial charge >= 0.3 is 5.69 Å². The number of aliphatic hydroxyl groups is 1. The number of likely N-dealkylation sites (N-methyl/N-ethyl adjacent to an activating group) is 1. The third kappa shape index (κ3) is 4.31. The summed E-state index contributed by atoms with van der Waals surface area (Å²) < 4.78 is 5.53. The lowest BCUT2D eigenvalue weighted by Crippen LogP contribution is -2.29. The van der Waals surface area contributed by atoms with E-state index in [1.54, 1.807) is 25.2 Å². The zero-order valence-electron chi connectivity index (χ0n) is 13.4. The summed E-state index contributed by atoms with van der Waals surface area (Å²) >= 11 is 0. The number of rotatable bonds is 6. The van der Waals surface area contributed by atoms with Gasteiger partial charge in [-0.3, -0.25) is 14.9 Å². The highest BCUT2D eigenvalue weighted by molar-refractivity contribution is 5.94. The minimum atomic E-state index is -0.639. The summed E-state index contributed by atoms with van der Waals surface area (Å²) in [5.74, 6) is -0.0952. The topological polar surface area (TPSA) is 117 Å². The smallest absolute Gasteiger partial charge is 0.312 e. The van der Waals surface area contributed by atoms with Gasteiger partial charge in [-0.1, -0.05) is 6.07 Å². The van der Waals surface area contributed by atoms with Gasteiger partial charge in [-0.05, 0) is 30.3 Å². The molecular formula is C17H15N3O5. The third-order valence-corrected chi connectivity index (χ3v) is 3.38. The Kier molecular flexibility index (Phi) is 5.66. The SMILES string of the molecule is CN(CCO)C(=O)c1cccc(Oc2ccc(C#N)cc2[N+](=O)[O-])c1. The van der Waals surface area contributed by atoms with Gasteiger partial charge in [-0.2, -0.15) is 5.26 Å². The van der Waals surface area contributed by atoms with Crippen molar-refractivity contribution in [1.29, 1.82) is 5.26 Å². The van der Waals surface area contributed by atoms with Gasteiger partial charge in [0.05, 0.1) is 23.2 Å². The molecule has 0 atom stereocenters. The van der Waals surface area contributed by atoms with E-state index in [0.717, 1.165) is 6.07 Å². The first-order valence-electron chi connectivity index (χ1n) is 7.29. The minimum absolute atomic E-state index is 0.0303. The van der Waals surface area contributed by atoms with Crippen LogP contribution in [0.3, 0.4) is 0 Å². The molecule has 0 bridgehead atoms. The van der Waals surface area contributed by atoms with Gasteiger partial charge in [0.1, 0.15) is 5.75 Å². The normalized spacial score (nSPS) is 9.96. The fourth-order valence-corrected chi connectivity index (χ4v) is 2.11. The highest BCUT2D eigenvalue weighted by atomic mass is 16.6. The van der Waals surface area contributed by atoms with Crippen LogP contribution >= 0.6 is 0 Å². The number of hydrogen-bond donors (Lipinski definition) is 1. The van der Waals surface area contributed by atoms with Crippen molar-refractivity contribution >= 4 is 11.6 Å². The monoisotopic (exact) mass is 341 g/mol. The molecule has 0 aliphatic carbocycles. The molecule has 0 aromatic heterocycles. The third-order valence-electron chi connectivity index (χ3n) is 3.38. The molecule has 0 saturated heterocycles. The molecule has 2 aromatic rings. The molecule has 0 aliphatic heterocycles. The lowest BCUT2D eigenvalue weighted by atomic mass is 10.2. The van der Waals surface area contributed by atoms with Crippen LogP contribution in [0.5, 0.6) is 11.5 Å². The Hall–Kier alpha value is -3.44. The van der Waals surface area contributed by atoms with Crippen LogP contribution in [-0.2, 0) is 0 Å². The van der Waals surface area contributed by atoms with Gasteiger partial charge in [0.25, 0.3) is 5.91 Å². The number of nitro benzene ring substituents is 1. The standard InChI is InChI=1S/C17H15N3O5/c1-19(7-8-21)17(22)13-3-2-4-14(10-13)25-16-6-5-12(11-18)9-15(16)20(23)24/h2-6,9-10,21H,7-8H2,1H3. The fraction of sp³-hybridized carbons (Fsp3) is 0.176. The quantitative estimate of drug-likeness (QED) is 0.636. The zero-order chi connectivity index (χ0) is 18.4. The summed E-state index contributed by atoms with van der Waals surface area (Å²) in [5, 5.41) is 28.9. The van der Waals surface area contributed by atoms with Crippen LogP contribution in [0.25, 0.3) is 0 Å². The Morgan fingerprint density at radius 2 is 2.12 bits per heavy atom. The van der Waals surface area contributed by atoms with Crippen molar-refractivity contribution in [2.75, 3.05) is 20.2 Å². The first-order valence-corrected chi connectivity index (χ1v) is 7.29. The number of benzene rings is 2. The summed E-state index contributed by atoms with van der Waals surface area (Å²) in [6.07, 6.45) is 0. The number of ether oxygens (including phenoxy) is 1. The summed E-state index contributed by atoms with van der Waals surface area (Å²) in [6.45, 7) is 0.0286. The van der Waals surface area contributed by atoms with Gasteiger partial charge in [0.15, 0.2) is 0 Å². The molecule has 1 N–H and O–H groups in total. The zero-order valence-corrected chi connectivity index (χ0v) is 13.4. The number of amides is 1. The van der Waals surface area contributed by atoms with Crippen LogP contribution in [0.15, 0.2) is 42.5 Å². The number of nitriles is 1. The number of hydrogen-bond acceptors (Lipinski definition) is 6. The van der Waals surface area contributed by atoms with Crippen LogP contribution in [0, 0.1) is 21.4 Å². The molecule has 0 unspecified atom stereocenters. The van der Waals surface area contributed by atoms with Crippen molar-refractivity contribution in [2.24, 2.45) is 0 Å². The number of carbonyl (C=O) groups excluding carboxylic acids is 1. The molecule has 128 valence electrons. The molecule has 2 aromatic carbocycles. The summed E-state index contributed by atoms with van der Waals surface area (Å²) in [4.78, 5) is 24.1.